The van der Waals surface area contributed by atoms with E-state index in [0.29, 0.717) is 13.0 Å². The number of carboxylic acid groups (broad SMARTS) is 1. The van der Waals surface area contributed by atoms with Crippen LogP contribution in [0.25, 0.3) is 0 Å². The molecule has 0 radical (unpaired) electrons. The van der Waals surface area contributed by atoms with Crippen molar-refractivity contribution in [3.05, 3.63) is 4.91 Å². The van der Waals surface area contributed by atoms with Crippen molar-refractivity contribution in [2.75, 3.05) is 13.2 Å². The third-order valence-electron chi connectivity index (χ3n) is 0.921. The van der Waals surface area contributed by atoms with Crippen molar-refractivity contribution in [3.8, 4) is 0 Å². The van der Waals surface area contributed by atoms with Gasteiger partial charge in [0, 0.05) is 6.42 Å². The second-order valence-electron chi connectivity index (χ2n) is 1.78. The normalized spacial score (nSPS) is 9.20. The molecule has 5 nitrogen and oxygen atoms in total. The zero-order chi connectivity index (χ0) is 7.82. The van der Waals surface area contributed by atoms with Gasteiger partial charge in [0.25, 0.3) is 0 Å². The molecule has 0 aromatic carbocycles. The molecule has 0 aliphatic heterocycles. The van der Waals surface area contributed by atoms with E-state index in [1.165, 1.54) is 0 Å². The number of carbonyl (C=O) groups is 1. The number of nitrogens with zero attached hydrogens (tertiary/aromatic N) is 1. The van der Waals surface area contributed by atoms with Gasteiger partial charge >= 0.3 is 5.97 Å². The van der Waals surface area contributed by atoms with Gasteiger partial charge in [-0.3, -0.25) is 10.1 Å². The lowest BCUT2D eigenvalue weighted by Crippen LogP contribution is -2.15. The first-order valence-corrected chi connectivity index (χ1v) is 2.99. The van der Waals surface area contributed by atoms with E-state index in [4.69, 9.17) is 5.11 Å². The highest BCUT2D eigenvalue weighted by Crippen LogP contribution is 1.84. The van der Waals surface area contributed by atoms with Gasteiger partial charge in [0.1, 0.15) is 6.67 Å². The Labute approximate surface area is 58.4 Å². The first-order chi connectivity index (χ1) is 4.77. The standard InChI is InChI=1S/C5H10N2O3/c8-5(9)2-1-3-6-4-7-10/h6H,1-4H2,(H,8,9). The van der Waals surface area contributed by atoms with Crippen molar-refractivity contribution >= 4 is 5.97 Å². The molecule has 0 fully saturated rings. The van der Waals surface area contributed by atoms with Crippen LogP contribution in [0.5, 0.6) is 0 Å². The van der Waals surface area contributed by atoms with Crippen LogP contribution in [0.4, 0.5) is 0 Å². The Kier molecular flexibility index (Phi) is 5.56. The van der Waals surface area contributed by atoms with Crippen LogP contribution < -0.4 is 5.32 Å². The molecule has 10 heavy (non-hydrogen) atoms. The Balaban J connectivity index is 2.90. The van der Waals surface area contributed by atoms with Crippen LogP contribution in [0.3, 0.4) is 0 Å². The van der Waals surface area contributed by atoms with Crippen LogP contribution in [0, 0.1) is 4.91 Å². The quantitative estimate of drug-likeness (QED) is 0.413. The number of nitrogens with one attached hydrogen (secondary N) is 1. The molecule has 0 aliphatic rings. The van der Waals surface area contributed by atoms with Gasteiger partial charge < -0.3 is 5.11 Å². The Bertz CT molecular complexity index is 115. The lowest BCUT2D eigenvalue weighted by atomic mass is 10.3. The lowest BCUT2D eigenvalue weighted by molar-refractivity contribution is -0.137. The maximum atomic E-state index is 9.92. The van der Waals surface area contributed by atoms with Gasteiger partial charge in [0.2, 0.25) is 0 Å². The topological polar surface area (TPSA) is 78.8 Å². The fraction of sp³-hybridized carbons (Fsp3) is 0.800. The Morgan fingerprint density at radius 1 is 1.60 bits per heavy atom. The van der Waals surface area contributed by atoms with Gasteiger partial charge in [0.15, 0.2) is 0 Å². The number of nitroso groups, excluding NO2 is 1. The molecule has 0 rings (SSSR count). The summed E-state index contributed by atoms with van der Waals surface area (Å²) in [6.07, 6.45) is 0.663. The van der Waals surface area contributed by atoms with Crippen molar-refractivity contribution in [3.63, 3.8) is 0 Å². The van der Waals surface area contributed by atoms with Crippen LogP contribution >= 0.6 is 0 Å². The minimum atomic E-state index is -0.819. The van der Waals surface area contributed by atoms with Crippen LogP contribution in [-0.4, -0.2) is 24.3 Å². The summed E-state index contributed by atoms with van der Waals surface area (Å²) in [6.45, 7) is 0.581. The molecule has 0 aromatic rings. The number of hydrogen-bond donors (Lipinski definition) is 2. The molecule has 0 aliphatic carbocycles. The van der Waals surface area contributed by atoms with E-state index in [1.807, 2.05) is 0 Å². The molecule has 0 amide bonds. The predicted molar refractivity (Wildman–Crippen MR) is 35.5 cm³/mol. The number of carboxylic acids is 1. The molecular weight excluding hydrogens is 136 g/mol. The molecule has 0 spiro atoms. The second kappa shape index (κ2) is 6.15. The molecule has 0 heterocycles. The van der Waals surface area contributed by atoms with Crippen LogP contribution in [0.15, 0.2) is 5.18 Å². The highest BCUT2D eigenvalue weighted by Gasteiger charge is 1.94. The highest BCUT2D eigenvalue weighted by molar-refractivity contribution is 5.66. The zero-order valence-corrected chi connectivity index (χ0v) is 5.54. The van der Waals surface area contributed by atoms with E-state index < -0.39 is 5.97 Å². The molecule has 5 heteroatoms. The minimum absolute atomic E-state index is 0.0552. The lowest BCUT2D eigenvalue weighted by Gasteiger charge is -1.95. The molecule has 0 unspecified atom stereocenters. The molecule has 0 atom stereocenters. The summed E-state index contributed by atoms with van der Waals surface area (Å²) in [5.41, 5.74) is 0. The van der Waals surface area contributed by atoms with E-state index >= 15 is 0 Å². The van der Waals surface area contributed by atoms with Crippen molar-refractivity contribution in [1.29, 1.82) is 0 Å². The number of hydrogen-bond acceptors (Lipinski definition) is 4. The summed E-state index contributed by atoms with van der Waals surface area (Å²) in [5.74, 6) is -0.819. The third-order valence-corrected chi connectivity index (χ3v) is 0.921. The fourth-order valence-corrected chi connectivity index (χ4v) is 0.489. The van der Waals surface area contributed by atoms with E-state index in [-0.39, 0.29) is 13.1 Å². The maximum Gasteiger partial charge on any atom is 0.303 e. The molecule has 0 aromatic heterocycles. The maximum absolute atomic E-state index is 9.92. The number of rotatable bonds is 6. The smallest absolute Gasteiger partial charge is 0.303 e. The Morgan fingerprint density at radius 2 is 2.30 bits per heavy atom. The summed E-state index contributed by atoms with van der Waals surface area (Å²) in [5, 5.41) is 13.3. The summed E-state index contributed by atoms with van der Waals surface area (Å²) in [4.78, 5) is 19.4. The third kappa shape index (κ3) is 7.03. The SMILES string of the molecule is O=NCNCCCC(=O)O. The van der Waals surface area contributed by atoms with Crippen molar-refractivity contribution in [2.24, 2.45) is 5.18 Å². The van der Waals surface area contributed by atoms with E-state index in [9.17, 15) is 9.70 Å². The van der Waals surface area contributed by atoms with Crippen LogP contribution in [0.1, 0.15) is 12.8 Å². The molecule has 2 N–H and O–H groups in total. The Hall–Kier alpha value is -0.970. The average molecular weight is 146 g/mol. The van der Waals surface area contributed by atoms with Gasteiger partial charge in [-0.25, -0.2) is 0 Å². The van der Waals surface area contributed by atoms with Gasteiger partial charge in [0.05, 0.1) is 0 Å². The van der Waals surface area contributed by atoms with Crippen molar-refractivity contribution in [2.45, 2.75) is 12.8 Å². The van der Waals surface area contributed by atoms with Gasteiger partial charge in [-0.15, -0.1) is 4.91 Å². The van der Waals surface area contributed by atoms with Gasteiger partial charge in [-0.05, 0) is 13.0 Å². The van der Waals surface area contributed by atoms with Crippen LogP contribution in [-0.2, 0) is 4.79 Å². The van der Waals surface area contributed by atoms with Crippen molar-refractivity contribution < 1.29 is 9.90 Å². The molecule has 0 saturated carbocycles. The van der Waals surface area contributed by atoms with E-state index in [0.717, 1.165) is 0 Å². The van der Waals surface area contributed by atoms with Crippen LogP contribution in [0.2, 0.25) is 0 Å². The Morgan fingerprint density at radius 3 is 2.80 bits per heavy atom. The summed E-state index contributed by atoms with van der Waals surface area (Å²) >= 11 is 0. The van der Waals surface area contributed by atoms with Crippen molar-refractivity contribution in [1.82, 2.24) is 5.32 Å². The summed E-state index contributed by atoms with van der Waals surface area (Å²) in [7, 11) is 0. The van der Waals surface area contributed by atoms with Gasteiger partial charge in [-0.1, -0.05) is 5.18 Å². The molecular formula is C5H10N2O3. The first-order valence-electron chi connectivity index (χ1n) is 2.99. The minimum Gasteiger partial charge on any atom is -0.481 e. The average Bonchev–Trinajstić information content (AvgIpc) is 1.87. The van der Waals surface area contributed by atoms with E-state index in [1.54, 1.807) is 0 Å². The molecule has 0 saturated heterocycles. The zero-order valence-electron chi connectivity index (χ0n) is 5.54. The highest BCUT2D eigenvalue weighted by atomic mass is 16.4. The fourth-order valence-electron chi connectivity index (χ4n) is 0.489. The molecule has 58 valence electrons. The summed E-state index contributed by atoms with van der Waals surface area (Å²) in [6, 6.07) is 0. The second-order valence-corrected chi connectivity index (χ2v) is 1.78. The number of aliphatic carboxylic acids is 1. The van der Waals surface area contributed by atoms with E-state index in [2.05, 4.69) is 10.5 Å². The summed E-state index contributed by atoms with van der Waals surface area (Å²) < 4.78 is 0. The first kappa shape index (κ1) is 9.03. The molecule has 0 bridgehead atoms. The van der Waals surface area contributed by atoms with Gasteiger partial charge in [-0.2, -0.15) is 0 Å². The largest absolute Gasteiger partial charge is 0.481 e. The monoisotopic (exact) mass is 146 g/mol. The predicted octanol–water partition coefficient (Wildman–Crippen LogP) is 0.165.